The van der Waals surface area contributed by atoms with Crippen LogP contribution in [0.2, 0.25) is 0 Å². The maximum atomic E-state index is 13.0. The van der Waals surface area contributed by atoms with Crippen LogP contribution in [-0.4, -0.2) is 40.8 Å². The Bertz CT molecular complexity index is 1170. The molecule has 2 aliphatic rings. The molecule has 0 atom stereocenters. The zero-order valence-corrected chi connectivity index (χ0v) is 18.5. The van der Waals surface area contributed by atoms with Gasteiger partial charge >= 0.3 is 6.03 Å². The van der Waals surface area contributed by atoms with Crippen LogP contribution in [0.4, 0.5) is 10.5 Å². The topological polar surface area (TPSA) is 128 Å². The van der Waals surface area contributed by atoms with Crippen LogP contribution < -0.4 is 14.8 Å². The highest BCUT2D eigenvalue weighted by Crippen LogP contribution is 2.31. The van der Waals surface area contributed by atoms with Crippen LogP contribution in [0.25, 0.3) is 6.08 Å². The number of barbiturate groups is 1. The molecule has 0 spiro atoms. The fourth-order valence-corrected chi connectivity index (χ4v) is 4.10. The molecule has 4 amide bonds. The van der Waals surface area contributed by atoms with Gasteiger partial charge in [-0.3, -0.25) is 29.9 Å². The van der Waals surface area contributed by atoms with E-state index in [4.69, 9.17) is 9.47 Å². The van der Waals surface area contributed by atoms with E-state index in [9.17, 15) is 24.5 Å². The van der Waals surface area contributed by atoms with E-state index in [1.54, 1.807) is 30.3 Å². The first-order valence-electron chi connectivity index (χ1n) is 10.8. The van der Waals surface area contributed by atoms with Crippen LogP contribution in [0.3, 0.4) is 0 Å². The van der Waals surface area contributed by atoms with E-state index in [0.29, 0.717) is 17.1 Å². The summed E-state index contributed by atoms with van der Waals surface area (Å²) < 4.78 is 11.2. The molecule has 1 aliphatic carbocycles. The van der Waals surface area contributed by atoms with Gasteiger partial charge in [0.1, 0.15) is 12.2 Å². The van der Waals surface area contributed by atoms with Gasteiger partial charge in [-0.15, -0.1) is 0 Å². The molecule has 2 aromatic rings. The summed E-state index contributed by atoms with van der Waals surface area (Å²) in [5, 5.41) is 13.0. The molecule has 0 aromatic heterocycles. The van der Waals surface area contributed by atoms with Crippen molar-refractivity contribution in [1.29, 1.82) is 0 Å². The number of ether oxygens (including phenoxy) is 2. The first-order valence-corrected chi connectivity index (χ1v) is 10.8. The molecule has 4 rings (SSSR count). The Morgan fingerprint density at radius 2 is 1.79 bits per heavy atom. The van der Waals surface area contributed by atoms with Gasteiger partial charge in [-0.05, 0) is 54.3 Å². The van der Waals surface area contributed by atoms with E-state index in [1.807, 2.05) is 0 Å². The summed E-state index contributed by atoms with van der Waals surface area (Å²) in [7, 11) is 1.46. The molecule has 1 heterocycles. The number of nitrogens with one attached hydrogen (secondary N) is 1. The van der Waals surface area contributed by atoms with E-state index in [-0.39, 0.29) is 23.9 Å². The highest BCUT2D eigenvalue weighted by atomic mass is 16.6. The van der Waals surface area contributed by atoms with Crippen molar-refractivity contribution in [3.63, 3.8) is 0 Å². The molecular formula is C24H23N3O7. The highest BCUT2D eigenvalue weighted by Gasteiger charge is 2.40. The lowest BCUT2D eigenvalue weighted by molar-refractivity contribution is -0.384. The normalized spacial score (nSPS) is 17.7. The second-order valence-corrected chi connectivity index (χ2v) is 8.05. The number of carbonyl (C=O) groups is 3. The zero-order valence-electron chi connectivity index (χ0n) is 18.5. The molecule has 176 valence electrons. The van der Waals surface area contributed by atoms with Crippen molar-refractivity contribution < 1.29 is 28.8 Å². The maximum absolute atomic E-state index is 13.0. The van der Waals surface area contributed by atoms with Crippen molar-refractivity contribution in [2.45, 2.75) is 38.3 Å². The summed E-state index contributed by atoms with van der Waals surface area (Å²) in [5.74, 6) is -0.534. The Morgan fingerprint density at radius 1 is 1.09 bits per heavy atom. The van der Waals surface area contributed by atoms with Gasteiger partial charge in [-0.25, -0.2) is 4.79 Å². The molecular weight excluding hydrogens is 442 g/mol. The average molecular weight is 465 g/mol. The third-order valence-corrected chi connectivity index (χ3v) is 5.86. The van der Waals surface area contributed by atoms with Crippen LogP contribution >= 0.6 is 0 Å². The van der Waals surface area contributed by atoms with E-state index in [0.717, 1.165) is 36.1 Å². The summed E-state index contributed by atoms with van der Waals surface area (Å²) in [5.41, 5.74) is 1.14. The number of hydrogen-bond acceptors (Lipinski definition) is 7. The fourth-order valence-electron chi connectivity index (χ4n) is 4.10. The number of amides is 4. The summed E-state index contributed by atoms with van der Waals surface area (Å²) >= 11 is 0. The smallest absolute Gasteiger partial charge is 0.331 e. The molecule has 1 saturated heterocycles. The van der Waals surface area contributed by atoms with Gasteiger partial charge in [0.25, 0.3) is 17.5 Å². The highest BCUT2D eigenvalue weighted by molar-refractivity contribution is 6.31. The second kappa shape index (κ2) is 9.74. The molecule has 1 N–H and O–H groups in total. The first-order chi connectivity index (χ1) is 16.4. The minimum absolute atomic E-state index is 0.00628. The predicted molar refractivity (Wildman–Crippen MR) is 121 cm³/mol. The van der Waals surface area contributed by atoms with Crippen LogP contribution in [-0.2, 0) is 16.2 Å². The third-order valence-electron chi connectivity index (χ3n) is 5.86. The van der Waals surface area contributed by atoms with E-state index < -0.39 is 22.8 Å². The standard InChI is InChI=1S/C24H23N3O7/c1-33-21-13-16(8-11-20(21)34-14-15-6-9-18(10-7-15)27(31)32)12-19-22(28)25-24(30)26(23(19)29)17-4-2-3-5-17/h6-13,17H,2-5,14H2,1H3,(H,25,28,30)/b19-12+. The molecule has 0 bridgehead atoms. The number of carbonyl (C=O) groups excluding carboxylic acids is 3. The lowest BCUT2D eigenvalue weighted by Crippen LogP contribution is -2.57. The maximum Gasteiger partial charge on any atom is 0.331 e. The Morgan fingerprint density at radius 3 is 2.44 bits per heavy atom. The number of urea groups is 1. The predicted octanol–water partition coefficient (Wildman–Crippen LogP) is 3.59. The molecule has 2 fully saturated rings. The Balaban J connectivity index is 1.52. The zero-order chi connectivity index (χ0) is 24.2. The molecule has 0 unspecified atom stereocenters. The second-order valence-electron chi connectivity index (χ2n) is 8.05. The average Bonchev–Trinajstić information content (AvgIpc) is 3.35. The van der Waals surface area contributed by atoms with Crippen LogP contribution in [0.1, 0.15) is 36.8 Å². The summed E-state index contributed by atoms with van der Waals surface area (Å²) in [6.07, 6.45) is 4.76. The number of rotatable bonds is 7. The van der Waals surface area contributed by atoms with Crippen molar-refractivity contribution in [2.24, 2.45) is 0 Å². The molecule has 1 saturated carbocycles. The Kier molecular flexibility index (Phi) is 6.58. The van der Waals surface area contributed by atoms with Gasteiger partial charge < -0.3 is 9.47 Å². The Labute approximate surface area is 195 Å². The monoisotopic (exact) mass is 465 g/mol. The minimum atomic E-state index is -0.735. The van der Waals surface area contributed by atoms with E-state index >= 15 is 0 Å². The van der Waals surface area contributed by atoms with Gasteiger partial charge in [0.05, 0.1) is 12.0 Å². The number of hydrogen-bond donors (Lipinski definition) is 1. The number of nitrogens with zero attached hydrogens (tertiary/aromatic N) is 2. The molecule has 10 nitrogen and oxygen atoms in total. The summed E-state index contributed by atoms with van der Waals surface area (Å²) in [6, 6.07) is 10.1. The van der Waals surface area contributed by atoms with E-state index in [2.05, 4.69) is 5.32 Å². The number of benzene rings is 2. The SMILES string of the molecule is COc1cc(/C=C2\C(=O)NC(=O)N(C3CCCC3)C2=O)ccc1OCc1ccc([N+](=O)[O-])cc1. The summed E-state index contributed by atoms with van der Waals surface area (Å²) in [4.78, 5) is 49.1. The Hall–Kier alpha value is -4.21. The van der Waals surface area contributed by atoms with Crippen molar-refractivity contribution in [1.82, 2.24) is 10.2 Å². The first kappa shape index (κ1) is 23.0. The van der Waals surface area contributed by atoms with Gasteiger partial charge in [0.2, 0.25) is 0 Å². The lowest BCUT2D eigenvalue weighted by atomic mass is 10.0. The number of nitro benzene ring substituents is 1. The molecule has 0 radical (unpaired) electrons. The van der Waals surface area contributed by atoms with Gasteiger partial charge in [0, 0.05) is 18.2 Å². The van der Waals surface area contributed by atoms with Crippen molar-refractivity contribution in [2.75, 3.05) is 7.11 Å². The van der Waals surface area contributed by atoms with Crippen LogP contribution in [0, 0.1) is 10.1 Å². The van der Waals surface area contributed by atoms with Gasteiger partial charge in [-0.1, -0.05) is 18.9 Å². The van der Waals surface area contributed by atoms with Crippen molar-refractivity contribution >= 4 is 29.6 Å². The van der Waals surface area contributed by atoms with Crippen molar-refractivity contribution in [3.05, 3.63) is 69.3 Å². The lowest BCUT2D eigenvalue weighted by Gasteiger charge is -2.31. The fraction of sp³-hybridized carbons (Fsp3) is 0.292. The number of nitro groups is 1. The summed E-state index contributed by atoms with van der Waals surface area (Å²) in [6.45, 7) is 0.161. The number of non-ortho nitro benzene ring substituents is 1. The van der Waals surface area contributed by atoms with Crippen LogP contribution in [0.5, 0.6) is 11.5 Å². The number of methoxy groups -OCH3 is 1. The van der Waals surface area contributed by atoms with E-state index in [1.165, 1.54) is 25.3 Å². The minimum Gasteiger partial charge on any atom is -0.493 e. The van der Waals surface area contributed by atoms with Gasteiger partial charge in [-0.2, -0.15) is 0 Å². The van der Waals surface area contributed by atoms with Gasteiger partial charge in [0.15, 0.2) is 11.5 Å². The van der Waals surface area contributed by atoms with Crippen molar-refractivity contribution in [3.8, 4) is 11.5 Å². The quantitative estimate of drug-likeness (QED) is 0.286. The molecule has 2 aromatic carbocycles. The number of imide groups is 2. The molecule has 10 heteroatoms. The largest absolute Gasteiger partial charge is 0.493 e. The molecule has 1 aliphatic heterocycles. The third kappa shape index (κ3) is 4.75. The molecule has 34 heavy (non-hydrogen) atoms. The van der Waals surface area contributed by atoms with Crippen LogP contribution in [0.15, 0.2) is 48.0 Å².